The van der Waals surface area contributed by atoms with E-state index in [0.717, 1.165) is 11.3 Å². The fraction of sp³-hybridized carbons (Fsp3) is 0.158. The second kappa shape index (κ2) is 8.97. The van der Waals surface area contributed by atoms with Gasteiger partial charge in [-0.2, -0.15) is 5.10 Å². The van der Waals surface area contributed by atoms with Crippen LogP contribution in [0.2, 0.25) is 5.02 Å². The first-order chi connectivity index (χ1) is 14.3. The number of amides is 2. The van der Waals surface area contributed by atoms with Crippen LogP contribution in [0.1, 0.15) is 36.1 Å². The Hall–Kier alpha value is -3.37. The van der Waals surface area contributed by atoms with Crippen molar-refractivity contribution in [2.45, 2.75) is 13.7 Å². The first kappa shape index (κ1) is 21.3. The summed E-state index contributed by atoms with van der Waals surface area (Å²) in [6, 6.07) is 8.37. The Bertz CT molecular complexity index is 1120. The Morgan fingerprint density at radius 3 is 2.73 bits per heavy atom. The van der Waals surface area contributed by atoms with Crippen LogP contribution >= 0.6 is 22.9 Å². The maximum atomic E-state index is 12.6. The molecule has 11 heteroatoms. The number of benzene rings is 1. The van der Waals surface area contributed by atoms with Crippen LogP contribution in [-0.2, 0) is 11.5 Å². The monoisotopic (exact) mass is 448 g/mol. The predicted molar refractivity (Wildman–Crippen MR) is 111 cm³/mol. The zero-order valence-electron chi connectivity index (χ0n) is 16.0. The number of carbonyl (C=O) groups excluding carboxylic acids is 3. The standard InChI is InChI=1S/C19H17ClN4O5S/c1-10-14(19(27)28-2)18(30-15(10)16(21)25)22-17(26)13-6-7-24(23-13)9-29-12-5-3-4-11(20)8-12/h3-8H,9H2,1-2H3,(H2,21,25)(H,22,26). The summed E-state index contributed by atoms with van der Waals surface area (Å²) in [5, 5.41) is 7.43. The van der Waals surface area contributed by atoms with Crippen molar-refractivity contribution in [3.8, 4) is 5.75 Å². The highest BCUT2D eigenvalue weighted by atomic mass is 35.5. The third-order valence-corrected chi connectivity index (χ3v) is 5.48. The van der Waals surface area contributed by atoms with E-state index < -0.39 is 17.8 Å². The van der Waals surface area contributed by atoms with Crippen LogP contribution in [-0.4, -0.2) is 34.7 Å². The van der Waals surface area contributed by atoms with Crippen molar-refractivity contribution in [2.75, 3.05) is 12.4 Å². The first-order valence-corrected chi connectivity index (χ1v) is 9.74. The molecule has 2 amide bonds. The summed E-state index contributed by atoms with van der Waals surface area (Å²) >= 11 is 6.81. The summed E-state index contributed by atoms with van der Waals surface area (Å²) in [6.45, 7) is 1.62. The van der Waals surface area contributed by atoms with Crippen LogP contribution in [0.25, 0.3) is 0 Å². The number of nitrogens with one attached hydrogen (secondary N) is 1. The predicted octanol–water partition coefficient (Wildman–Crippen LogP) is 3.08. The third-order valence-electron chi connectivity index (χ3n) is 4.02. The van der Waals surface area contributed by atoms with Gasteiger partial charge < -0.3 is 20.5 Å². The van der Waals surface area contributed by atoms with E-state index in [0.29, 0.717) is 16.3 Å². The minimum Gasteiger partial charge on any atom is -0.471 e. The van der Waals surface area contributed by atoms with E-state index >= 15 is 0 Å². The molecule has 2 aromatic heterocycles. The molecule has 3 N–H and O–H groups in total. The summed E-state index contributed by atoms with van der Waals surface area (Å²) in [6.07, 6.45) is 1.56. The molecule has 1 aromatic carbocycles. The highest BCUT2D eigenvalue weighted by molar-refractivity contribution is 7.18. The number of rotatable bonds is 7. The number of methoxy groups -OCH3 is 1. The number of hydrogen-bond donors (Lipinski definition) is 2. The molecular weight excluding hydrogens is 432 g/mol. The molecule has 0 spiro atoms. The van der Waals surface area contributed by atoms with E-state index in [1.54, 1.807) is 37.4 Å². The Morgan fingerprint density at radius 2 is 2.07 bits per heavy atom. The van der Waals surface area contributed by atoms with Gasteiger partial charge in [-0.3, -0.25) is 9.59 Å². The molecule has 0 fully saturated rings. The van der Waals surface area contributed by atoms with Crippen LogP contribution in [0.3, 0.4) is 0 Å². The minimum absolute atomic E-state index is 0.0605. The quantitative estimate of drug-likeness (QED) is 0.535. The zero-order chi connectivity index (χ0) is 21.8. The topological polar surface area (TPSA) is 126 Å². The van der Waals surface area contributed by atoms with Crippen molar-refractivity contribution in [1.29, 1.82) is 0 Å². The fourth-order valence-electron chi connectivity index (χ4n) is 2.60. The lowest BCUT2D eigenvalue weighted by Crippen LogP contribution is -2.16. The van der Waals surface area contributed by atoms with E-state index in [-0.39, 0.29) is 27.9 Å². The Labute approximate surface area is 180 Å². The molecule has 0 unspecified atom stereocenters. The highest BCUT2D eigenvalue weighted by Gasteiger charge is 2.26. The van der Waals surface area contributed by atoms with Gasteiger partial charge in [-0.15, -0.1) is 11.3 Å². The van der Waals surface area contributed by atoms with Crippen molar-refractivity contribution in [3.63, 3.8) is 0 Å². The van der Waals surface area contributed by atoms with E-state index in [4.69, 9.17) is 26.8 Å². The van der Waals surface area contributed by atoms with Crippen molar-refractivity contribution in [3.05, 3.63) is 63.2 Å². The van der Waals surface area contributed by atoms with E-state index in [1.165, 1.54) is 17.9 Å². The van der Waals surface area contributed by atoms with Gasteiger partial charge in [-0.1, -0.05) is 17.7 Å². The van der Waals surface area contributed by atoms with Gasteiger partial charge in [0.2, 0.25) is 0 Å². The van der Waals surface area contributed by atoms with Crippen LogP contribution in [0.15, 0.2) is 36.5 Å². The van der Waals surface area contributed by atoms with Gasteiger partial charge in [0.25, 0.3) is 11.8 Å². The number of nitrogens with two attached hydrogens (primary N) is 1. The van der Waals surface area contributed by atoms with Crippen molar-refractivity contribution in [1.82, 2.24) is 9.78 Å². The number of carbonyl (C=O) groups is 3. The minimum atomic E-state index is -0.703. The molecule has 3 aromatic rings. The maximum absolute atomic E-state index is 12.6. The van der Waals surface area contributed by atoms with E-state index in [2.05, 4.69) is 10.4 Å². The molecule has 0 aliphatic heterocycles. The number of nitrogens with zero attached hydrogens (tertiary/aromatic N) is 2. The maximum Gasteiger partial charge on any atom is 0.341 e. The lowest BCUT2D eigenvalue weighted by Gasteiger charge is -2.06. The zero-order valence-corrected chi connectivity index (χ0v) is 17.5. The molecule has 3 rings (SSSR count). The average Bonchev–Trinajstić information content (AvgIpc) is 3.31. The summed E-state index contributed by atoms with van der Waals surface area (Å²) < 4.78 is 11.7. The molecule has 9 nitrogen and oxygen atoms in total. The Balaban J connectivity index is 1.75. The molecule has 0 saturated heterocycles. The molecule has 2 heterocycles. The van der Waals surface area contributed by atoms with Gasteiger partial charge in [-0.05, 0) is 36.8 Å². The van der Waals surface area contributed by atoms with E-state index in [9.17, 15) is 14.4 Å². The average molecular weight is 449 g/mol. The molecule has 0 saturated carbocycles. The van der Waals surface area contributed by atoms with Gasteiger partial charge in [0.15, 0.2) is 12.4 Å². The SMILES string of the molecule is COC(=O)c1c(NC(=O)c2ccn(COc3cccc(Cl)c3)n2)sc(C(N)=O)c1C. The van der Waals surface area contributed by atoms with Gasteiger partial charge in [0.1, 0.15) is 10.8 Å². The van der Waals surface area contributed by atoms with E-state index in [1.807, 2.05) is 0 Å². The van der Waals surface area contributed by atoms with Gasteiger partial charge >= 0.3 is 5.97 Å². The highest BCUT2D eigenvalue weighted by Crippen LogP contribution is 2.33. The largest absolute Gasteiger partial charge is 0.471 e. The van der Waals surface area contributed by atoms with Crippen LogP contribution < -0.4 is 15.8 Å². The van der Waals surface area contributed by atoms with Crippen molar-refractivity contribution in [2.24, 2.45) is 5.73 Å². The first-order valence-electron chi connectivity index (χ1n) is 8.54. The normalized spacial score (nSPS) is 10.5. The molecule has 30 heavy (non-hydrogen) atoms. The van der Waals surface area contributed by atoms with Crippen LogP contribution in [0, 0.1) is 6.92 Å². The van der Waals surface area contributed by atoms with Gasteiger partial charge in [0, 0.05) is 11.2 Å². The molecule has 0 bridgehead atoms. The third kappa shape index (κ3) is 4.61. The van der Waals surface area contributed by atoms with Gasteiger partial charge in [0.05, 0.1) is 17.6 Å². The molecule has 0 atom stereocenters. The number of hydrogen-bond acceptors (Lipinski definition) is 7. The summed E-state index contributed by atoms with van der Waals surface area (Å²) in [7, 11) is 1.20. The number of anilines is 1. The molecular formula is C19H17ClN4O5S. The van der Waals surface area contributed by atoms with Gasteiger partial charge in [-0.25, -0.2) is 9.48 Å². The molecule has 0 radical (unpaired) electrons. The summed E-state index contributed by atoms with van der Waals surface area (Å²) in [4.78, 5) is 36.4. The number of thiophene rings is 1. The number of ether oxygens (including phenoxy) is 2. The molecule has 0 aliphatic carbocycles. The van der Waals surface area contributed by atoms with Crippen molar-refractivity contribution >= 4 is 45.7 Å². The Kier molecular flexibility index (Phi) is 6.38. The molecule has 0 aliphatic rings. The summed E-state index contributed by atoms with van der Waals surface area (Å²) in [5.74, 6) is -1.41. The second-order valence-corrected chi connectivity index (χ2v) is 7.50. The fourth-order valence-corrected chi connectivity index (χ4v) is 3.83. The number of aromatic nitrogens is 2. The number of esters is 1. The number of halogens is 1. The number of primary amides is 1. The summed E-state index contributed by atoms with van der Waals surface area (Å²) in [5.41, 5.74) is 5.85. The lowest BCUT2D eigenvalue weighted by molar-refractivity contribution is 0.0601. The van der Waals surface area contributed by atoms with Crippen LogP contribution in [0.5, 0.6) is 5.75 Å². The molecule has 156 valence electrons. The Morgan fingerprint density at radius 1 is 1.30 bits per heavy atom. The van der Waals surface area contributed by atoms with Crippen molar-refractivity contribution < 1.29 is 23.9 Å². The smallest absolute Gasteiger partial charge is 0.341 e. The second-order valence-electron chi connectivity index (χ2n) is 6.04. The van der Waals surface area contributed by atoms with Crippen LogP contribution in [0.4, 0.5) is 5.00 Å². The lowest BCUT2D eigenvalue weighted by atomic mass is 10.1.